The Kier molecular flexibility index (Phi) is 9.68. The monoisotopic (exact) mass is 412 g/mol. The molecule has 4 nitrogen and oxygen atoms in total. The maximum absolute atomic E-state index is 10.4. The van der Waals surface area contributed by atoms with E-state index in [1.165, 1.54) is 0 Å². The third-order valence-corrected chi connectivity index (χ3v) is 4.54. The summed E-state index contributed by atoms with van der Waals surface area (Å²) in [6.07, 6.45) is -0.635. The van der Waals surface area contributed by atoms with E-state index >= 15 is 0 Å². The first-order valence-corrected chi connectivity index (χ1v) is 9.58. The smallest absolute Gasteiger partial charge is 0.119 e. The third kappa shape index (κ3) is 7.52. The van der Waals surface area contributed by atoms with Gasteiger partial charge in [-0.1, -0.05) is 72.8 Å². The normalized spacial score (nSPS) is 11.7. The zero-order chi connectivity index (χ0) is 19.6. The number of aliphatic hydroxyl groups excluding tert-OH is 2. The molecule has 2 N–H and O–H groups in total. The molecule has 0 radical (unpaired) electrons. The van der Waals surface area contributed by atoms with Gasteiger partial charge in [-0.3, -0.25) is 4.90 Å². The molecule has 0 spiro atoms. The Hall–Kier alpha value is -2.37. The number of rotatable bonds is 10. The van der Waals surface area contributed by atoms with Crippen LogP contribution in [0.1, 0.15) is 5.56 Å². The lowest BCUT2D eigenvalue weighted by atomic mass is 10.1. The second kappa shape index (κ2) is 12.2. The number of hydrogen-bond acceptors (Lipinski definition) is 4. The van der Waals surface area contributed by atoms with Crippen LogP contribution in [0.4, 0.5) is 0 Å². The lowest BCUT2D eigenvalue weighted by molar-refractivity contribution is -0.0000102. The Balaban J connectivity index is 0.00000300. The maximum Gasteiger partial charge on any atom is 0.119 e. The number of benzene rings is 3. The van der Waals surface area contributed by atoms with Gasteiger partial charge >= 0.3 is 0 Å². The van der Waals surface area contributed by atoms with Gasteiger partial charge in [0.1, 0.15) is 18.5 Å². The first kappa shape index (κ1) is 22.9. The highest BCUT2D eigenvalue weighted by molar-refractivity contribution is 5.63. The fraction of sp³-hybridized carbons (Fsp3) is 0.250. The second-order valence-electron chi connectivity index (χ2n) is 6.80. The minimum Gasteiger partial charge on any atom is -1.00 e. The van der Waals surface area contributed by atoms with Crippen LogP contribution in [0.15, 0.2) is 84.9 Å². The summed E-state index contributed by atoms with van der Waals surface area (Å²) in [5.41, 5.74) is 3.45. The topological polar surface area (TPSA) is 52.9 Å². The molecular formula is C24H27ClNO3-. The molecule has 0 aliphatic rings. The van der Waals surface area contributed by atoms with Gasteiger partial charge in [0.05, 0.1) is 6.61 Å². The zero-order valence-electron chi connectivity index (χ0n) is 16.3. The molecule has 29 heavy (non-hydrogen) atoms. The molecule has 154 valence electrons. The molecule has 0 aromatic heterocycles. The summed E-state index contributed by atoms with van der Waals surface area (Å²) in [5.74, 6) is 0.732. The van der Waals surface area contributed by atoms with Crippen LogP contribution in [0.25, 0.3) is 11.1 Å². The van der Waals surface area contributed by atoms with Gasteiger partial charge in [0.2, 0.25) is 0 Å². The molecule has 0 saturated heterocycles. The van der Waals surface area contributed by atoms with Crippen molar-refractivity contribution in [1.82, 2.24) is 4.90 Å². The predicted molar refractivity (Wildman–Crippen MR) is 112 cm³/mol. The summed E-state index contributed by atoms with van der Waals surface area (Å²) in [6.45, 7) is 1.91. The Morgan fingerprint density at radius 1 is 0.793 bits per heavy atom. The molecule has 0 saturated carbocycles. The molecule has 1 unspecified atom stereocenters. The predicted octanol–water partition coefficient (Wildman–Crippen LogP) is 0.592. The van der Waals surface area contributed by atoms with Gasteiger partial charge < -0.3 is 27.4 Å². The lowest BCUT2D eigenvalue weighted by Gasteiger charge is -2.24. The highest BCUT2D eigenvalue weighted by atomic mass is 35.5. The van der Waals surface area contributed by atoms with Gasteiger partial charge in [-0.05, 0) is 28.8 Å². The standard InChI is InChI=1S/C24H27NO3.ClH/c26-16-15-25(17-20-7-3-1-4-8-20)18-23(27)19-28-24-13-11-22(12-14-24)21-9-5-2-6-10-21;/h1-14,23,26-27H,15-19H2;1H/p-1. The summed E-state index contributed by atoms with van der Waals surface area (Å²) in [7, 11) is 0. The number of aliphatic hydroxyl groups is 2. The van der Waals surface area contributed by atoms with Crippen LogP contribution in [0, 0.1) is 0 Å². The molecule has 1 atom stereocenters. The molecule has 0 aliphatic carbocycles. The highest BCUT2D eigenvalue weighted by Gasteiger charge is 2.13. The molecular weight excluding hydrogens is 386 g/mol. The quantitative estimate of drug-likeness (QED) is 0.512. The summed E-state index contributed by atoms with van der Waals surface area (Å²) in [4.78, 5) is 2.03. The maximum atomic E-state index is 10.4. The third-order valence-electron chi connectivity index (χ3n) is 4.54. The van der Waals surface area contributed by atoms with Gasteiger partial charge in [-0.25, -0.2) is 0 Å². The van der Waals surface area contributed by atoms with Crippen molar-refractivity contribution >= 4 is 0 Å². The van der Waals surface area contributed by atoms with Crippen LogP contribution in [-0.4, -0.2) is 47.5 Å². The van der Waals surface area contributed by atoms with Crippen LogP contribution in [0.5, 0.6) is 5.75 Å². The highest BCUT2D eigenvalue weighted by Crippen LogP contribution is 2.22. The van der Waals surface area contributed by atoms with E-state index in [1.807, 2.05) is 77.7 Å². The second-order valence-corrected chi connectivity index (χ2v) is 6.80. The van der Waals surface area contributed by atoms with Crippen molar-refractivity contribution in [3.63, 3.8) is 0 Å². The largest absolute Gasteiger partial charge is 1.00 e. The van der Waals surface area contributed by atoms with Gasteiger partial charge in [0.15, 0.2) is 0 Å². The zero-order valence-corrected chi connectivity index (χ0v) is 17.1. The average Bonchev–Trinajstić information content (AvgIpc) is 2.74. The minimum absolute atomic E-state index is 0. The van der Waals surface area contributed by atoms with E-state index in [-0.39, 0.29) is 25.6 Å². The van der Waals surface area contributed by atoms with E-state index in [0.29, 0.717) is 19.6 Å². The van der Waals surface area contributed by atoms with Crippen LogP contribution in [-0.2, 0) is 6.54 Å². The Morgan fingerprint density at radius 3 is 2.00 bits per heavy atom. The number of ether oxygens (including phenoxy) is 1. The van der Waals surface area contributed by atoms with Crippen molar-refractivity contribution < 1.29 is 27.4 Å². The van der Waals surface area contributed by atoms with Crippen molar-refractivity contribution in [2.45, 2.75) is 12.6 Å². The molecule has 3 aromatic rings. The van der Waals surface area contributed by atoms with Crippen LogP contribution >= 0.6 is 0 Å². The summed E-state index contributed by atoms with van der Waals surface area (Å²) < 4.78 is 5.75. The van der Waals surface area contributed by atoms with Gasteiger partial charge in [-0.2, -0.15) is 0 Å². The summed E-state index contributed by atoms with van der Waals surface area (Å²) >= 11 is 0. The van der Waals surface area contributed by atoms with Gasteiger partial charge in [0, 0.05) is 19.6 Å². The van der Waals surface area contributed by atoms with E-state index in [1.54, 1.807) is 0 Å². The summed E-state index contributed by atoms with van der Waals surface area (Å²) in [6, 6.07) is 28.1. The first-order chi connectivity index (χ1) is 13.7. The van der Waals surface area contributed by atoms with E-state index < -0.39 is 6.10 Å². The van der Waals surface area contributed by atoms with Gasteiger partial charge in [0.25, 0.3) is 0 Å². The summed E-state index contributed by atoms with van der Waals surface area (Å²) in [5, 5.41) is 19.7. The van der Waals surface area contributed by atoms with Crippen molar-refractivity contribution in [1.29, 1.82) is 0 Å². The minimum atomic E-state index is -0.635. The molecule has 0 bridgehead atoms. The van der Waals surface area contributed by atoms with Crippen molar-refractivity contribution in [3.8, 4) is 16.9 Å². The fourth-order valence-electron chi connectivity index (χ4n) is 3.14. The number of halogens is 1. The molecule has 0 fully saturated rings. The molecule has 3 aromatic carbocycles. The Labute approximate surface area is 178 Å². The molecule has 0 heterocycles. The first-order valence-electron chi connectivity index (χ1n) is 9.58. The molecule has 3 rings (SSSR count). The van der Waals surface area contributed by atoms with Gasteiger partial charge in [-0.15, -0.1) is 0 Å². The van der Waals surface area contributed by atoms with Crippen molar-refractivity contribution in [2.24, 2.45) is 0 Å². The average molecular weight is 413 g/mol. The van der Waals surface area contributed by atoms with E-state index in [4.69, 9.17) is 4.74 Å². The number of nitrogens with zero attached hydrogens (tertiary/aromatic N) is 1. The van der Waals surface area contributed by atoms with Crippen LogP contribution in [0.2, 0.25) is 0 Å². The molecule has 5 heteroatoms. The molecule has 0 aliphatic heterocycles. The lowest BCUT2D eigenvalue weighted by Crippen LogP contribution is -3.00. The van der Waals surface area contributed by atoms with Crippen molar-refractivity contribution in [3.05, 3.63) is 90.5 Å². The van der Waals surface area contributed by atoms with E-state index in [0.717, 1.165) is 22.4 Å². The van der Waals surface area contributed by atoms with E-state index in [2.05, 4.69) is 12.1 Å². The van der Waals surface area contributed by atoms with Crippen LogP contribution < -0.4 is 17.1 Å². The van der Waals surface area contributed by atoms with Crippen molar-refractivity contribution in [2.75, 3.05) is 26.3 Å². The molecule has 0 amide bonds. The SMILES string of the molecule is OCCN(Cc1ccccc1)CC(O)COc1ccc(-c2ccccc2)cc1.[Cl-]. The van der Waals surface area contributed by atoms with E-state index in [9.17, 15) is 10.2 Å². The van der Waals surface area contributed by atoms with Crippen LogP contribution in [0.3, 0.4) is 0 Å². The number of hydrogen-bond donors (Lipinski definition) is 2. The fourth-order valence-corrected chi connectivity index (χ4v) is 3.14. The Bertz CT molecular complexity index is 813. The Morgan fingerprint density at radius 2 is 1.38 bits per heavy atom.